The first kappa shape index (κ1) is 9.12. The molecule has 1 fully saturated rings. The second-order valence-corrected chi connectivity index (χ2v) is 6.17. The number of piperidine rings is 1. The van der Waals surface area contributed by atoms with Gasteiger partial charge in [0.15, 0.2) is 0 Å². The van der Waals surface area contributed by atoms with Gasteiger partial charge in [-0.2, -0.15) is 8.42 Å². The summed E-state index contributed by atoms with van der Waals surface area (Å²) in [5, 5.41) is 0. The Labute approximate surface area is 128 Å². The first-order valence-electron chi connectivity index (χ1n) is 8.98. The van der Waals surface area contributed by atoms with Crippen LogP contribution in [0.25, 0.3) is 0 Å². The third-order valence-corrected chi connectivity index (χ3v) is 3.31. The van der Waals surface area contributed by atoms with Gasteiger partial charge in [0.25, 0.3) is 10.1 Å². The number of likely N-dealkylation sites (tertiary alicyclic amines) is 1. The van der Waals surface area contributed by atoms with Gasteiger partial charge in [0.2, 0.25) is 0 Å². The van der Waals surface area contributed by atoms with Crippen molar-refractivity contribution in [3.05, 3.63) is 35.6 Å². The van der Waals surface area contributed by atoms with Crippen LogP contribution in [0.1, 0.15) is 26.1 Å². The van der Waals surface area contributed by atoms with Gasteiger partial charge < -0.3 is 4.90 Å². The lowest BCUT2D eigenvalue weighted by Crippen LogP contribution is -2.39. The molecule has 1 aliphatic heterocycles. The minimum atomic E-state index is -4.25. The number of hydrogen-bond donors (Lipinski definition) is 0. The molecule has 1 aliphatic rings. The molecule has 0 spiro atoms. The summed E-state index contributed by atoms with van der Waals surface area (Å²) in [6, 6.07) is 4.81. The van der Waals surface area contributed by atoms with E-state index in [4.69, 9.17) is 8.22 Å². The highest BCUT2D eigenvalue weighted by Gasteiger charge is 2.30. The van der Waals surface area contributed by atoms with E-state index in [1.165, 1.54) is 12.1 Å². The molecule has 0 aliphatic carbocycles. The molecular formula is C14H20FNO3S. The molecule has 0 aromatic heterocycles. The smallest absolute Gasteiger partial charge is 0.264 e. The van der Waals surface area contributed by atoms with Crippen LogP contribution in [-0.4, -0.2) is 46.2 Å². The Bertz CT molecular complexity index is 771. The molecule has 0 saturated carbocycles. The number of halogens is 1. The summed E-state index contributed by atoms with van der Waals surface area (Å²) in [6.45, 7) is -7.68. The van der Waals surface area contributed by atoms with Gasteiger partial charge in [-0.1, -0.05) is 12.1 Å². The van der Waals surface area contributed by atoms with Crippen LogP contribution in [0.2, 0.25) is 0 Å². The molecular weight excluding hydrogens is 281 g/mol. The quantitative estimate of drug-likeness (QED) is 0.796. The average Bonchev–Trinajstić information content (AvgIpc) is 2.42. The predicted molar refractivity (Wildman–Crippen MR) is 75.5 cm³/mol. The summed E-state index contributed by atoms with van der Waals surface area (Å²) >= 11 is 0. The predicted octanol–water partition coefficient (Wildman–Crippen LogP) is 1.84. The summed E-state index contributed by atoms with van der Waals surface area (Å²) in [4.78, 5) is 0.730. The number of benzene rings is 1. The van der Waals surface area contributed by atoms with Crippen LogP contribution in [0, 0.1) is 11.7 Å². The Balaban J connectivity index is 2.61. The van der Waals surface area contributed by atoms with Crippen LogP contribution >= 0.6 is 0 Å². The molecule has 2 rings (SSSR count). The van der Waals surface area contributed by atoms with Crippen molar-refractivity contribution < 1.29 is 25.2 Å². The fourth-order valence-electron chi connectivity index (χ4n) is 1.97. The molecule has 1 aromatic rings. The van der Waals surface area contributed by atoms with Crippen LogP contribution in [0.4, 0.5) is 4.39 Å². The second-order valence-electron chi connectivity index (χ2n) is 4.59. The van der Waals surface area contributed by atoms with Crippen molar-refractivity contribution >= 4 is 10.1 Å². The Kier molecular flexibility index (Phi) is 2.83. The number of hydrogen-bond acceptors (Lipinski definition) is 4. The molecule has 6 heteroatoms. The topological polar surface area (TPSA) is 46.6 Å². The second kappa shape index (κ2) is 6.20. The lowest BCUT2D eigenvalue weighted by molar-refractivity contribution is 0.133. The van der Waals surface area contributed by atoms with Gasteiger partial charge in [0.05, 0.1) is 15.6 Å². The highest BCUT2D eigenvalue weighted by atomic mass is 32.2. The van der Waals surface area contributed by atoms with Crippen LogP contribution in [-0.2, 0) is 14.3 Å². The van der Waals surface area contributed by atoms with Crippen molar-refractivity contribution in [1.29, 1.82) is 0 Å². The molecule has 0 amide bonds. The van der Waals surface area contributed by atoms with Crippen LogP contribution < -0.4 is 0 Å². The molecule has 1 saturated heterocycles. The SMILES string of the molecule is [2H]C([2H])(OS(C)(=O)=O)[C@H]1[C@H](c2ccc(F)cc2)CC([2H])([2H])N(C)C1([2H])[2H]. The van der Waals surface area contributed by atoms with E-state index in [0.717, 1.165) is 24.1 Å². The molecule has 0 radical (unpaired) electrons. The lowest BCUT2D eigenvalue weighted by atomic mass is 9.81. The maximum absolute atomic E-state index is 13.2. The molecule has 1 aromatic carbocycles. The monoisotopic (exact) mass is 307 g/mol. The molecule has 2 atom stereocenters. The first-order valence-corrected chi connectivity index (χ1v) is 7.79. The standard InChI is InChI=1S/C14H20FNO3S/c1-16-8-7-14(11-3-5-13(15)6-4-11)12(9-16)10-19-20(2,17)18/h3-6,12,14H,7-10H2,1-2H3/t12-,14-/m0/s1/i8D2,9D2,10D2. The Morgan fingerprint density at radius 1 is 1.50 bits per heavy atom. The molecule has 4 nitrogen and oxygen atoms in total. The molecule has 112 valence electrons. The lowest BCUT2D eigenvalue weighted by Gasteiger charge is -2.36. The van der Waals surface area contributed by atoms with E-state index >= 15 is 0 Å². The van der Waals surface area contributed by atoms with Gasteiger partial charge in [-0.15, -0.1) is 0 Å². The summed E-state index contributed by atoms with van der Waals surface area (Å²) < 4.78 is 89.6. The van der Waals surface area contributed by atoms with E-state index in [0.29, 0.717) is 11.8 Å². The third-order valence-electron chi connectivity index (χ3n) is 2.91. The van der Waals surface area contributed by atoms with Crippen LogP contribution in [0.15, 0.2) is 24.3 Å². The maximum Gasteiger partial charge on any atom is 0.264 e. The van der Waals surface area contributed by atoms with Gasteiger partial charge in [-0.3, -0.25) is 4.18 Å². The van der Waals surface area contributed by atoms with Crippen molar-refractivity contribution in [2.75, 3.05) is 32.9 Å². The number of nitrogens with zero attached hydrogens (tertiary/aromatic N) is 1. The normalized spacial score (nSPS) is 35.0. The van der Waals surface area contributed by atoms with Crippen LogP contribution in [0.3, 0.4) is 0 Å². The van der Waals surface area contributed by atoms with E-state index in [-0.39, 0.29) is 6.42 Å². The van der Waals surface area contributed by atoms with Gasteiger partial charge in [0, 0.05) is 17.9 Å². The van der Waals surface area contributed by atoms with E-state index in [1.807, 2.05) is 0 Å². The molecule has 0 N–H and O–H groups in total. The minimum Gasteiger partial charge on any atom is -0.306 e. The van der Waals surface area contributed by atoms with Crippen molar-refractivity contribution in [2.24, 2.45) is 5.92 Å². The summed E-state index contributed by atoms with van der Waals surface area (Å²) in [6.07, 6.45) is 0.324. The zero-order valence-corrected chi connectivity index (χ0v) is 11.9. The molecule has 0 unspecified atom stereocenters. The Morgan fingerprint density at radius 3 is 2.75 bits per heavy atom. The van der Waals surface area contributed by atoms with E-state index in [9.17, 15) is 12.8 Å². The van der Waals surface area contributed by atoms with E-state index in [2.05, 4.69) is 4.18 Å². The average molecular weight is 307 g/mol. The van der Waals surface area contributed by atoms with Crippen molar-refractivity contribution in [3.63, 3.8) is 0 Å². The maximum atomic E-state index is 13.2. The van der Waals surface area contributed by atoms with Gasteiger partial charge >= 0.3 is 0 Å². The first-order chi connectivity index (χ1) is 11.6. The third kappa shape index (κ3) is 4.26. The Hall–Kier alpha value is -0.980. The van der Waals surface area contributed by atoms with E-state index < -0.39 is 47.3 Å². The van der Waals surface area contributed by atoms with Crippen molar-refractivity contribution in [1.82, 2.24) is 4.90 Å². The molecule has 20 heavy (non-hydrogen) atoms. The largest absolute Gasteiger partial charge is 0.306 e. The highest BCUT2D eigenvalue weighted by molar-refractivity contribution is 7.85. The summed E-state index contributed by atoms with van der Waals surface area (Å²) in [7, 11) is -3.10. The molecule has 0 bridgehead atoms. The van der Waals surface area contributed by atoms with Gasteiger partial charge in [-0.05, 0) is 43.6 Å². The zero-order chi connectivity index (χ0) is 20.1. The highest BCUT2D eigenvalue weighted by Crippen LogP contribution is 2.33. The van der Waals surface area contributed by atoms with Crippen LogP contribution in [0.5, 0.6) is 0 Å². The van der Waals surface area contributed by atoms with Crippen molar-refractivity contribution in [2.45, 2.75) is 12.3 Å². The van der Waals surface area contributed by atoms with Gasteiger partial charge in [0.1, 0.15) is 5.82 Å². The van der Waals surface area contributed by atoms with E-state index in [1.54, 1.807) is 0 Å². The summed E-state index contributed by atoms with van der Waals surface area (Å²) in [5.41, 5.74) is 0.290. The fraction of sp³-hybridized carbons (Fsp3) is 0.571. The molecule has 1 heterocycles. The minimum absolute atomic E-state index is 0.290. The van der Waals surface area contributed by atoms with Gasteiger partial charge in [-0.25, -0.2) is 4.39 Å². The zero-order valence-electron chi connectivity index (χ0n) is 17.1. The fourth-order valence-corrected chi connectivity index (χ4v) is 2.24. The van der Waals surface area contributed by atoms with Crippen molar-refractivity contribution in [3.8, 4) is 0 Å². The number of rotatable bonds is 4. The summed E-state index contributed by atoms with van der Waals surface area (Å²) in [5.74, 6) is -3.34. The Morgan fingerprint density at radius 2 is 2.15 bits per heavy atom.